The SMILES string of the molecule is CCCOc1cc(NCC2CCCCS2)ncn1. The van der Waals surface area contributed by atoms with Crippen molar-refractivity contribution in [1.82, 2.24) is 9.97 Å². The number of hydrogen-bond acceptors (Lipinski definition) is 5. The lowest BCUT2D eigenvalue weighted by Crippen LogP contribution is -2.20. The fourth-order valence-electron chi connectivity index (χ4n) is 1.91. The van der Waals surface area contributed by atoms with E-state index in [-0.39, 0.29) is 0 Å². The number of hydrogen-bond donors (Lipinski definition) is 1. The molecular formula is C13H21N3OS. The molecule has 1 aliphatic heterocycles. The number of nitrogens with one attached hydrogen (secondary N) is 1. The lowest BCUT2D eigenvalue weighted by molar-refractivity contribution is 0.305. The molecule has 0 bridgehead atoms. The molecule has 1 aromatic rings. The summed E-state index contributed by atoms with van der Waals surface area (Å²) in [5.41, 5.74) is 0. The van der Waals surface area contributed by atoms with Gasteiger partial charge in [-0.2, -0.15) is 11.8 Å². The van der Waals surface area contributed by atoms with Gasteiger partial charge in [0.25, 0.3) is 0 Å². The number of nitrogens with zero attached hydrogens (tertiary/aromatic N) is 2. The fourth-order valence-corrected chi connectivity index (χ4v) is 3.15. The molecule has 1 N–H and O–H groups in total. The van der Waals surface area contributed by atoms with Crippen LogP contribution < -0.4 is 10.1 Å². The molecule has 0 amide bonds. The van der Waals surface area contributed by atoms with Crippen LogP contribution in [-0.2, 0) is 0 Å². The summed E-state index contributed by atoms with van der Waals surface area (Å²) >= 11 is 2.06. The van der Waals surface area contributed by atoms with Gasteiger partial charge in [0.05, 0.1) is 6.61 Å². The summed E-state index contributed by atoms with van der Waals surface area (Å²) in [6.07, 6.45) is 6.58. The largest absolute Gasteiger partial charge is 0.478 e. The van der Waals surface area contributed by atoms with E-state index in [1.54, 1.807) is 6.33 Å². The van der Waals surface area contributed by atoms with Crippen molar-refractivity contribution < 1.29 is 4.74 Å². The van der Waals surface area contributed by atoms with Gasteiger partial charge in [0.15, 0.2) is 0 Å². The highest BCUT2D eigenvalue weighted by Crippen LogP contribution is 2.25. The third-order valence-corrected chi connectivity index (χ3v) is 4.28. The topological polar surface area (TPSA) is 47.0 Å². The Bertz CT molecular complexity index is 356. The summed E-state index contributed by atoms with van der Waals surface area (Å²) in [6, 6.07) is 1.88. The van der Waals surface area contributed by atoms with Crippen LogP contribution in [0.15, 0.2) is 12.4 Å². The Morgan fingerprint density at radius 2 is 2.39 bits per heavy atom. The highest BCUT2D eigenvalue weighted by Gasteiger charge is 2.13. The molecule has 2 heterocycles. The minimum atomic E-state index is 0.658. The maximum atomic E-state index is 5.49. The van der Waals surface area contributed by atoms with Crippen LogP contribution in [0.5, 0.6) is 5.88 Å². The lowest BCUT2D eigenvalue weighted by Gasteiger charge is -2.21. The van der Waals surface area contributed by atoms with Crippen LogP contribution >= 0.6 is 11.8 Å². The predicted molar refractivity (Wildman–Crippen MR) is 76.4 cm³/mol. The van der Waals surface area contributed by atoms with E-state index >= 15 is 0 Å². The van der Waals surface area contributed by atoms with E-state index in [0.717, 1.165) is 18.8 Å². The zero-order valence-corrected chi connectivity index (χ0v) is 11.7. The minimum Gasteiger partial charge on any atom is -0.478 e. The highest BCUT2D eigenvalue weighted by molar-refractivity contribution is 7.99. The molecule has 0 spiro atoms. The summed E-state index contributed by atoms with van der Waals surface area (Å²) in [7, 11) is 0. The lowest BCUT2D eigenvalue weighted by atomic mass is 10.2. The zero-order chi connectivity index (χ0) is 12.6. The Balaban J connectivity index is 1.80. The Hall–Kier alpha value is -0.970. The molecule has 4 nitrogen and oxygen atoms in total. The second-order valence-corrected chi connectivity index (χ2v) is 5.87. The summed E-state index contributed by atoms with van der Waals surface area (Å²) in [5.74, 6) is 2.81. The summed E-state index contributed by atoms with van der Waals surface area (Å²) < 4.78 is 5.49. The van der Waals surface area contributed by atoms with Crippen molar-refractivity contribution in [3.05, 3.63) is 12.4 Å². The number of anilines is 1. The van der Waals surface area contributed by atoms with Crippen LogP contribution in [0.3, 0.4) is 0 Å². The second-order valence-electron chi connectivity index (χ2n) is 4.46. The Kier molecular flexibility index (Phi) is 5.58. The van der Waals surface area contributed by atoms with E-state index in [4.69, 9.17) is 4.74 Å². The maximum Gasteiger partial charge on any atom is 0.218 e. The van der Waals surface area contributed by atoms with E-state index < -0.39 is 0 Å². The molecule has 18 heavy (non-hydrogen) atoms. The predicted octanol–water partition coefficient (Wildman–Crippen LogP) is 2.96. The van der Waals surface area contributed by atoms with Crippen molar-refractivity contribution in [3.8, 4) is 5.88 Å². The Morgan fingerprint density at radius 3 is 3.17 bits per heavy atom. The molecule has 2 rings (SSSR count). The van der Waals surface area contributed by atoms with Crippen molar-refractivity contribution in [2.75, 3.05) is 24.2 Å². The Labute approximate surface area is 113 Å². The van der Waals surface area contributed by atoms with Gasteiger partial charge < -0.3 is 10.1 Å². The molecule has 1 aromatic heterocycles. The van der Waals surface area contributed by atoms with E-state index in [1.165, 1.54) is 25.0 Å². The van der Waals surface area contributed by atoms with E-state index in [9.17, 15) is 0 Å². The van der Waals surface area contributed by atoms with Crippen molar-refractivity contribution in [1.29, 1.82) is 0 Å². The minimum absolute atomic E-state index is 0.658. The molecule has 1 aliphatic rings. The normalized spacial score (nSPS) is 19.5. The quantitative estimate of drug-likeness (QED) is 0.858. The van der Waals surface area contributed by atoms with Crippen molar-refractivity contribution in [3.63, 3.8) is 0 Å². The van der Waals surface area contributed by atoms with Gasteiger partial charge in [-0.05, 0) is 25.0 Å². The number of ether oxygens (including phenoxy) is 1. The molecule has 1 saturated heterocycles. The van der Waals surface area contributed by atoms with Crippen LogP contribution in [0.2, 0.25) is 0 Å². The van der Waals surface area contributed by atoms with Gasteiger partial charge >= 0.3 is 0 Å². The first kappa shape index (κ1) is 13.5. The van der Waals surface area contributed by atoms with Crippen molar-refractivity contribution in [2.45, 2.75) is 37.9 Å². The molecule has 1 unspecified atom stereocenters. The average Bonchev–Trinajstić information content (AvgIpc) is 2.44. The van der Waals surface area contributed by atoms with Gasteiger partial charge in [-0.3, -0.25) is 0 Å². The van der Waals surface area contributed by atoms with Crippen molar-refractivity contribution >= 4 is 17.6 Å². The van der Waals surface area contributed by atoms with Gasteiger partial charge in [0, 0.05) is 17.9 Å². The van der Waals surface area contributed by atoms with Gasteiger partial charge in [-0.25, -0.2) is 9.97 Å². The smallest absolute Gasteiger partial charge is 0.218 e. The first-order valence-electron chi connectivity index (χ1n) is 6.69. The summed E-state index contributed by atoms with van der Waals surface area (Å²) in [4.78, 5) is 8.31. The van der Waals surface area contributed by atoms with E-state index in [1.807, 2.05) is 6.07 Å². The molecule has 5 heteroatoms. The number of rotatable bonds is 6. The molecule has 100 valence electrons. The molecular weight excluding hydrogens is 246 g/mol. The second kappa shape index (κ2) is 7.46. The standard InChI is InChI=1S/C13H21N3OS/c1-2-6-17-13-8-12(15-10-16-13)14-9-11-5-3-4-7-18-11/h8,10-11H,2-7,9H2,1H3,(H,14,15,16). The molecule has 1 atom stereocenters. The molecule has 0 saturated carbocycles. The number of aromatic nitrogens is 2. The maximum absolute atomic E-state index is 5.49. The average molecular weight is 267 g/mol. The molecule has 0 aliphatic carbocycles. The molecule has 0 aromatic carbocycles. The number of thioether (sulfide) groups is 1. The van der Waals surface area contributed by atoms with Gasteiger partial charge in [-0.1, -0.05) is 13.3 Å². The van der Waals surface area contributed by atoms with Crippen LogP contribution in [0.4, 0.5) is 5.82 Å². The van der Waals surface area contributed by atoms with Crippen molar-refractivity contribution in [2.24, 2.45) is 0 Å². The third kappa shape index (κ3) is 4.37. The third-order valence-electron chi connectivity index (χ3n) is 2.88. The molecule has 0 radical (unpaired) electrons. The van der Waals surface area contributed by atoms with Gasteiger partial charge in [0.2, 0.25) is 5.88 Å². The van der Waals surface area contributed by atoms with Gasteiger partial charge in [0.1, 0.15) is 12.1 Å². The first-order chi connectivity index (χ1) is 8.88. The summed E-state index contributed by atoms with van der Waals surface area (Å²) in [6.45, 7) is 3.77. The molecule has 1 fully saturated rings. The van der Waals surface area contributed by atoms with E-state index in [2.05, 4.69) is 34.0 Å². The van der Waals surface area contributed by atoms with Crippen LogP contribution in [0, 0.1) is 0 Å². The van der Waals surface area contributed by atoms with E-state index in [0.29, 0.717) is 17.7 Å². The van der Waals surface area contributed by atoms with Crippen LogP contribution in [-0.4, -0.2) is 34.1 Å². The summed E-state index contributed by atoms with van der Waals surface area (Å²) in [5, 5.41) is 4.10. The zero-order valence-electron chi connectivity index (χ0n) is 10.9. The van der Waals surface area contributed by atoms with Crippen LogP contribution in [0.1, 0.15) is 32.6 Å². The Morgan fingerprint density at radius 1 is 1.44 bits per heavy atom. The van der Waals surface area contributed by atoms with Crippen LogP contribution in [0.25, 0.3) is 0 Å². The first-order valence-corrected chi connectivity index (χ1v) is 7.73. The monoisotopic (exact) mass is 267 g/mol. The van der Waals surface area contributed by atoms with Gasteiger partial charge in [-0.15, -0.1) is 0 Å². The fraction of sp³-hybridized carbons (Fsp3) is 0.692. The highest BCUT2D eigenvalue weighted by atomic mass is 32.2.